The van der Waals surface area contributed by atoms with Crippen LogP contribution in [0.25, 0.3) is 0 Å². The lowest BCUT2D eigenvalue weighted by Gasteiger charge is -1.93. The fourth-order valence-electron chi connectivity index (χ4n) is 1.14. The molecule has 0 bridgehead atoms. The van der Waals surface area contributed by atoms with Crippen LogP contribution in [-0.4, -0.2) is 5.88 Å². The number of allylic oxidation sites excluding steroid dienone is 4. The smallest absolute Gasteiger partial charge is 0.0404 e. The number of hydrogen-bond acceptors (Lipinski definition) is 0. The third kappa shape index (κ3) is 11.8. The topological polar surface area (TPSA) is 0 Å². The fourth-order valence-corrected chi connectivity index (χ4v) is 1.27. The Kier molecular flexibility index (Phi) is 11.6. The SMILES string of the molecule is CCCCCC/C=C\C/C=C/CCl. The number of alkyl halides is 1. The van der Waals surface area contributed by atoms with Gasteiger partial charge in [0, 0.05) is 5.88 Å². The van der Waals surface area contributed by atoms with E-state index in [4.69, 9.17) is 11.6 Å². The summed E-state index contributed by atoms with van der Waals surface area (Å²) in [6.45, 7) is 2.24. The summed E-state index contributed by atoms with van der Waals surface area (Å²) in [6, 6.07) is 0. The Morgan fingerprint density at radius 1 is 0.923 bits per heavy atom. The molecule has 0 amide bonds. The molecule has 0 aromatic rings. The quantitative estimate of drug-likeness (QED) is 0.303. The Bertz CT molecular complexity index is 136. The fraction of sp³-hybridized carbons (Fsp3) is 0.667. The molecule has 0 aliphatic carbocycles. The predicted molar refractivity (Wildman–Crippen MR) is 62.4 cm³/mol. The van der Waals surface area contributed by atoms with E-state index in [0.29, 0.717) is 5.88 Å². The number of hydrogen-bond donors (Lipinski definition) is 0. The first-order valence-electron chi connectivity index (χ1n) is 5.27. The summed E-state index contributed by atoms with van der Waals surface area (Å²) >= 11 is 5.49. The van der Waals surface area contributed by atoms with Crippen molar-refractivity contribution in [3.8, 4) is 0 Å². The predicted octanol–water partition coefficient (Wildman–Crippen LogP) is 4.70. The Morgan fingerprint density at radius 2 is 1.69 bits per heavy atom. The van der Waals surface area contributed by atoms with Crippen LogP contribution >= 0.6 is 11.6 Å². The summed E-state index contributed by atoms with van der Waals surface area (Å²) in [5, 5.41) is 0. The molecule has 0 aliphatic heterocycles. The van der Waals surface area contributed by atoms with Gasteiger partial charge < -0.3 is 0 Å². The third-order valence-electron chi connectivity index (χ3n) is 1.92. The van der Waals surface area contributed by atoms with E-state index in [1.807, 2.05) is 6.08 Å². The molecule has 0 N–H and O–H groups in total. The van der Waals surface area contributed by atoms with Crippen molar-refractivity contribution in [2.45, 2.75) is 45.4 Å². The van der Waals surface area contributed by atoms with E-state index in [2.05, 4.69) is 25.2 Å². The van der Waals surface area contributed by atoms with Crippen LogP contribution in [0, 0.1) is 0 Å². The first kappa shape index (κ1) is 12.8. The zero-order chi connectivity index (χ0) is 9.78. The van der Waals surface area contributed by atoms with E-state index in [-0.39, 0.29) is 0 Å². The normalized spacial score (nSPS) is 11.8. The highest BCUT2D eigenvalue weighted by atomic mass is 35.5. The number of unbranched alkanes of at least 4 members (excludes halogenated alkanes) is 4. The molecule has 0 fully saturated rings. The molecule has 76 valence electrons. The highest BCUT2D eigenvalue weighted by Gasteiger charge is 1.83. The van der Waals surface area contributed by atoms with E-state index in [0.717, 1.165) is 6.42 Å². The Hall–Kier alpha value is -0.230. The molecule has 0 radical (unpaired) electrons. The van der Waals surface area contributed by atoms with Crippen LogP contribution in [0.3, 0.4) is 0 Å². The van der Waals surface area contributed by atoms with Crippen LogP contribution in [0.5, 0.6) is 0 Å². The molecule has 0 saturated carbocycles. The Labute approximate surface area is 87.7 Å². The van der Waals surface area contributed by atoms with Gasteiger partial charge in [0.25, 0.3) is 0 Å². The molecular formula is C12H21Cl. The molecule has 0 aromatic heterocycles. The summed E-state index contributed by atoms with van der Waals surface area (Å²) in [5.74, 6) is 0.629. The van der Waals surface area contributed by atoms with Gasteiger partial charge in [-0.15, -0.1) is 11.6 Å². The second-order valence-electron chi connectivity index (χ2n) is 3.18. The summed E-state index contributed by atoms with van der Waals surface area (Å²) in [7, 11) is 0. The van der Waals surface area contributed by atoms with E-state index < -0.39 is 0 Å². The average molecular weight is 201 g/mol. The highest BCUT2D eigenvalue weighted by Crippen LogP contribution is 2.03. The zero-order valence-corrected chi connectivity index (χ0v) is 9.39. The lowest BCUT2D eigenvalue weighted by molar-refractivity contribution is 0.674. The van der Waals surface area contributed by atoms with Gasteiger partial charge in [-0.1, -0.05) is 50.5 Å². The monoisotopic (exact) mass is 200 g/mol. The largest absolute Gasteiger partial charge is 0.122 e. The first-order valence-corrected chi connectivity index (χ1v) is 5.81. The molecule has 0 aliphatic rings. The summed E-state index contributed by atoms with van der Waals surface area (Å²) < 4.78 is 0. The van der Waals surface area contributed by atoms with Crippen molar-refractivity contribution in [1.29, 1.82) is 0 Å². The summed E-state index contributed by atoms with van der Waals surface area (Å²) in [5.41, 5.74) is 0. The lowest BCUT2D eigenvalue weighted by atomic mass is 10.1. The molecule has 0 heterocycles. The molecule has 0 saturated heterocycles. The van der Waals surface area contributed by atoms with Gasteiger partial charge >= 0.3 is 0 Å². The van der Waals surface area contributed by atoms with Gasteiger partial charge in [-0.25, -0.2) is 0 Å². The maximum atomic E-state index is 5.49. The standard InChI is InChI=1S/C12H21Cl/c1-2-3-4-5-6-7-8-9-10-11-12-13/h7-8,10-11H,2-6,9,12H2,1H3/b8-7-,11-10+. The van der Waals surface area contributed by atoms with Gasteiger partial charge in [0.2, 0.25) is 0 Å². The van der Waals surface area contributed by atoms with Gasteiger partial charge in [-0.3, -0.25) is 0 Å². The van der Waals surface area contributed by atoms with Crippen LogP contribution in [0.2, 0.25) is 0 Å². The van der Waals surface area contributed by atoms with Gasteiger partial charge in [0.15, 0.2) is 0 Å². The third-order valence-corrected chi connectivity index (χ3v) is 2.10. The first-order chi connectivity index (χ1) is 6.41. The van der Waals surface area contributed by atoms with E-state index >= 15 is 0 Å². The van der Waals surface area contributed by atoms with Crippen molar-refractivity contribution in [3.05, 3.63) is 24.3 Å². The minimum Gasteiger partial charge on any atom is -0.122 e. The Balaban J connectivity index is 3.08. The van der Waals surface area contributed by atoms with Crippen LogP contribution in [0.15, 0.2) is 24.3 Å². The number of halogens is 1. The van der Waals surface area contributed by atoms with E-state index in [9.17, 15) is 0 Å². The van der Waals surface area contributed by atoms with Crippen molar-refractivity contribution in [3.63, 3.8) is 0 Å². The van der Waals surface area contributed by atoms with Crippen molar-refractivity contribution < 1.29 is 0 Å². The minimum absolute atomic E-state index is 0.629. The number of rotatable bonds is 8. The lowest BCUT2D eigenvalue weighted by Crippen LogP contribution is -1.73. The van der Waals surface area contributed by atoms with Gasteiger partial charge in [0.1, 0.15) is 0 Å². The molecular weight excluding hydrogens is 180 g/mol. The molecule has 0 nitrogen and oxygen atoms in total. The van der Waals surface area contributed by atoms with Crippen LogP contribution in [-0.2, 0) is 0 Å². The molecule has 0 aromatic carbocycles. The van der Waals surface area contributed by atoms with E-state index in [1.54, 1.807) is 0 Å². The van der Waals surface area contributed by atoms with Crippen molar-refractivity contribution in [2.75, 3.05) is 5.88 Å². The van der Waals surface area contributed by atoms with E-state index in [1.165, 1.54) is 32.1 Å². The molecule has 0 atom stereocenters. The second-order valence-corrected chi connectivity index (χ2v) is 3.49. The van der Waals surface area contributed by atoms with Gasteiger partial charge in [-0.2, -0.15) is 0 Å². The molecule has 0 rings (SSSR count). The summed E-state index contributed by atoms with van der Waals surface area (Å²) in [4.78, 5) is 0. The highest BCUT2D eigenvalue weighted by molar-refractivity contribution is 6.18. The Morgan fingerprint density at radius 3 is 2.38 bits per heavy atom. The maximum Gasteiger partial charge on any atom is 0.0404 e. The second kappa shape index (κ2) is 11.8. The van der Waals surface area contributed by atoms with Gasteiger partial charge in [0.05, 0.1) is 0 Å². The van der Waals surface area contributed by atoms with Crippen molar-refractivity contribution in [2.24, 2.45) is 0 Å². The zero-order valence-electron chi connectivity index (χ0n) is 8.64. The van der Waals surface area contributed by atoms with Crippen LogP contribution in [0.4, 0.5) is 0 Å². The van der Waals surface area contributed by atoms with Crippen molar-refractivity contribution >= 4 is 11.6 Å². The molecule has 1 heteroatoms. The summed E-state index contributed by atoms with van der Waals surface area (Å²) in [6.07, 6.45) is 16.3. The molecule has 13 heavy (non-hydrogen) atoms. The van der Waals surface area contributed by atoms with Gasteiger partial charge in [-0.05, 0) is 19.3 Å². The molecule has 0 spiro atoms. The average Bonchev–Trinajstić information content (AvgIpc) is 2.16. The van der Waals surface area contributed by atoms with Crippen LogP contribution in [0.1, 0.15) is 45.4 Å². The maximum absolute atomic E-state index is 5.49. The molecule has 0 unspecified atom stereocenters. The van der Waals surface area contributed by atoms with Crippen molar-refractivity contribution in [1.82, 2.24) is 0 Å². The minimum atomic E-state index is 0.629. The van der Waals surface area contributed by atoms with Crippen LogP contribution < -0.4 is 0 Å².